The predicted octanol–water partition coefficient (Wildman–Crippen LogP) is 13.3. The average Bonchev–Trinajstić information content (AvgIpc) is 3.59. The fraction of sp³-hybridized carbons (Fsp3) is 0.435. The Bertz CT molecular complexity index is 1930. The van der Waals surface area contributed by atoms with Gasteiger partial charge in [0.05, 0.1) is 6.26 Å². The van der Waals surface area contributed by atoms with Crippen LogP contribution < -0.4 is 0 Å². The molecule has 5 aromatic rings. The van der Waals surface area contributed by atoms with Gasteiger partial charge in [-0.05, 0) is 66.2 Å². The number of aliphatic hydroxyl groups is 1. The number of fused-ring (bicyclic) bond motifs is 2. The van der Waals surface area contributed by atoms with E-state index in [0.29, 0.717) is 11.6 Å². The van der Waals surface area contributed by atoms with Crippen LogP contribution in [0, 0.1) is 22.8 Å². The van der Waals surface area contributed by atoms with Crippen molar-refractivity contribution in [3.05, 3.63) is 102 Å². The minimum Gasteiger partial charge on any atom is -0.512 e. The minimum absolute atomic E-state index is 0. The van der Waals surface area contributed by atoms with E-state index in [1.807, 2.05) is 47.6 Å². The maximum atomic E-state index is 12.2. The number of hydrogen-bond acceptors (Lipinski definition) is 4. The molecule has 4 nitrogen and oxygen atoms in total. The summed E-state index contributed by atoms with van der Waals surface area (Å²) in [4.78, 5) is 17.1. The number of allylic oxidation sites excluding steroid dienone is 2. The summed E-state index contributed by atoms with van der Waals surface area (Å²) in [6, 6.07) is 27.4. The fourth-order valence-corrected chi connectivity index (χ4v) is 6.29. The third-order valence-electron chi connectivity index (χ3n) is 10.8. The van der Waals surface area contributed by atoms with E-state index in [4.69, 9.17) is 9.40 Å². The number of aromatic nitrogens is 1. The monoisotopic (exact) mass is 865 g/mol. The van der Waals surface area contributed by atoms with Gasteiger partial charge in [0, 0.05) is 48.1 Å². The summed E-state index contributed by atoms with van der Waals surface area (Å²) in [5.74, 6) is 0.929. The third-order valence-corrected chi connectivity index (χ3v) is 10.8. The fourth-order valence-electron chi connectivity index (χ4n) is 6.29. The van der Waals surface area contributed by atoms with Crippen LogP contribution in [0.2, 0.25) is 0 Å². The Kier molecular flexibility index (Phi) is 14.2. The number of pyridine rings is 1. The van der Waals surface area contributed by atoms with Crippen molar-refractivity contribution < 1.29 is 34.4 Å². The van der Waals surface area contributed by atoms with Gasteiger partial charge in [-0.2, -0.15) is 0 Å². The maximum absolute atomic E-state index is 12.2. The molecular formula is C46H58IrNO3-. The van der Waals surface area contributed by atoms with Gasteiger partial charge in [0.2, 0.25) is 5.71 Å². The van der Waals surface area contributed by atoms with Crippen LogP contribution >= 0.6 is 0 Å². The molecule has 0 aliphatic heterocycles. The van der Waals surface area contributed by atoms with Crippen LogP contribution in [0.15, 0.2) is 89.2 Å². The number of nitrogens with zero attached hydrogens (tertiary/aromatic N) is 1. The molecule has 0 aliphatic rings. The Hall–Kier alpha value is -3.53. The molecular weight excluding hydrogens is 807 g/mol. The zero-order valence-electron chi connectivity index (χ0n) is 32.7. The molecule has 0 saturated carbocycles. The van der Waals surface area contributed by atoms with Crippen molar-refractivity contribution in [3.8, 4) is 22.4 Å². The van der Waals surface area contributed by atoms with Crippen molar-refractivity contribution in [1.29, 1.82) is 0 Å². The van der Waals surface area contributed by atoms with Gasteiger partial charge in [0.15, 0.2) is 5.78 Å². The molecule has 3 aromatic carbocycles. The number of carbonyl (C=O) groups is 1. The van der Waals surface area contributed by atoms with Gasteiger partial charge in [-0.1, -0.05) is 136 Å². The van der Waals surface area contributed by atoms with Gasteiger partial charge >= 0.3 is 0 Å². The molecule has 0 spiro atoms. The van der Waals surface area contributed by atoms with Gasteiger partial charge in [-0.25, -0.2) is 0 Å². The summed E-state index contributed by atoms with van der Waals surface area (Å²) in [5.41, 5.74) is 6.92. The van der Waals surface area contributed by atoms with E-state index in [-0.39, 0.29) is 47.9 Å². The molecule has 0 atom stereocenters. The van der Waals surface area contributed by atoms with E-state index in [0.717, 1.165) is 59.7 Å². The van der Waals surface area contributed by atoms with Crippen molar-refractivity contribution in [3.63, 3.8) is 0 Å². The molecule has 275 valence electrons. The van der Waals surface area contributed by atoms with Crippen LogP contribution in [-0.2, 0) is 36.7 Å². The molecule has 5 heteroatoms. The molecule has 1 radical (unpaired) electrons. The average molecular weight is 865 g/mol. The first-order valence-corrected chi connectivity index (χ1v) is 18.5. The van der Waals surface area contributed by atoms with Crippen LogP contribution in [0.4, 0.5) is 0 Å². The molecule has 2 heterocycles. The summed E-state index contributed by atoms with van der Waals surface area (Å²) >= 11 is 0. The molecule has 5 rings (SSSR count). The van der Waals surface area contributed by atoms with Gasteiger partial charge < -0.3 is 9.52 Å². The first-order valence-electron chi connectivity index (χ1n) is 18.5. The van der Waals surface area contributed by atoms with Gasteiger partial charge in [-0.3, -0.25) is 9.78 Å². The SMILES string of the molecule is CC(C)Cc1ccc(-c2cc(-c3[c-]c4ccccc4c(C(C)(C)C)c3)nc3occc23)cc1.CCC(C)(CC)C(=O)/C=C(\O)C(C)(CC)CC.[Ir]. The zero-order valence-corrected chi connectivity index (χ0v) is 35.1. The third kappa shape index (κ3) is 9.67. The van der Waals surface area contributed by atoms with Gasteiger partial charge in [0.1, 0.15) is 5.76 Å². The second kappa shape index (κ2) is 17.3. The summed E-state index contributed by atoms with van der Waals surface area (Å²) in [6.45, 7) is 23.4. The van der Waals surface area contributed by atoms with Crippen LogP contribution in [0.1, 0.15) is 113 Å². The van der Waals surface area contributed by atoms with Crippen LogP contribution in [0.5, 0.6) is 0 Å². The second-order valence-electron chi connectivity index (χ2n) is 15.8. The number of furan rings is 1. The first kappa shape index (κ1) is 41.9. The molecule has 0 aliphatic carbocycles. The number of benzene rings is 3. The van der Waals surface area contributed by atoms with Crippen LogP contribution in [-0.4, -0.2) is 15.9 Å². The van der Waals surface area contributed by atoms with E-state index >= 15 is 0 Å². The molecule has 0 fully saturated rings. The standard InChI is InChI=1S/C31H30NO.C15H28O2.Ir/c1-20(2)16-21-10-12-22(13-11-21)27-19-29(32-30-26(27)14-15-33-30)24-17-23-8-6-7-9-25(23)28(18-24)31(3,4)5;1-7-14(5,8-2)12(16)11-13(17)15(6,9-3)10-4;/h6-15,18-20H,16H2,1-5H3;11,16H,7-10H2,1-6H3;/q-1;;/b;12-11-;. The normalized spacial score (nSPS) is 12.5. The number of rotatable bonds is 11. The van der Waals surface area contributed by atoms with E-state index in [2.05, 4.69) is 101 Å². The summed E-state index contributed by atoms with van der Waals surface area (Å²) in [6.07, 6.45) is 7.57. The smallest absolute Gasteiger partial charge is 0.219 e. The molecule has 0 amide bonds. The molecule has 0 saturated heterocycles. The summed E-state index contributed by atoms with van der Waals surface area (Å²) in [7, 11) is 0. The van der Waals surface area contributed by atoms with Crippen molar-refractivity contribution in [2.75, 3.05) is 0 Å². The Morgan fingerprint density at radius 1 is 0.843 bits per heavy atom. The van der Waals surface area contributed by atoms with E-state index in [9.17, 15) is 9.90 Å². The molecule has 51 heavy (non-hydrogen) atoms. The summed E-state index contributed by atoms with van der Waals surface area (Å²) in [5, 5.41) is 13.5. The Balaban J connectivity index is 0.000000335. The van der Waals surface area contributed by atoms with Crippen molar-refractivity contribution >= 4 is 27.7 Å². The number of carbonyl (C=O) groups excluding carboxylic acids is 1. The van der Waals surface area contributed by atoms with Crippen molar-refractivity contribution in [1.82, 2.24) is 4.98 Å². The summed E-state index contributed by atoms with van der Waals surface area (Å²) < 4.78 is 5.78. The van der Waals surface area contributed by atoms with E-state index in [1.165, 1.54) is 28.2 Å². The molecule has 1 N–H and O–H groups in total. The van der Waals surface area contributed by atoms with E-state index in [1.54, 1.807) is 6.26 Å². The second-order valence-corrected chi connectivity index (χ2v) is 15.8. The predicted molar refractivity (Wildman–Crippen MR) is 212 cm³/mol. The van der Waals surface area contributed by atoms with Crippen molar-refractivity contribution in [2.24, 2.45) is 16.7 Å². The Morgan fingerprint density at radius 2 is 1.45 bits per heavy atom. The van der Waals surface area contributed by atoms with Gasteiger partial charge in [-0.15, -0.1) is 29.1 Å². The minimum atomic E-state index is -0.337. The Morgan fingerprint density at radius 3 is 2.02 bits per heavy atom. The quantitative estimate of drug-likeness (QED) is 0.0816. The van der Waals surface area contributed by atoms with E-state index < -0.39 is 0 Å². The van der Waals surface area contributed by atoms with Crippen LogP contribution in [0.3, 0.4) is 0 Å². The van der Waals surface area contributed by atoms with Gasteiger partial charge in [0.25, 0.3) is 0 Å². The number of ketones is 1. The maximum Gasteiger partial charge on any atom is 0.219 e. The number of hydrogen-bond donors (Lipinski definition) is 1. The molecule has 0 bridgehead atoms. The topological polar surface area (TPSA) is 63.3 Å². The molecule has 0 unspecified atom stereocenters. The first-order chi connectivity index (χ1) is 23.6. The zero-order chi connectivity index (χ0) is 36.9. The largest absolute Gasteiger partial charge is 0.512 e. The molecule has 2 aromatic heterocycles. The van der Waals surface area contributed by atoms with Crippen LogP contribution in [0.25, 0.3) is 44.3 Å². The Labute approximate surface area is 320 Å². The number of aliphatic hydroxyl groups excluding tert-OH is 1. The van der Waals surface area contributed by atoms with Crippen molar-refractivity contribution in [2.45, 2.75) is 114 Å².